The van der Waals surface area contributed by atoms with E-state index in [1.54, 1.807) is 11.3 Å². The van der Waals surface area contributed by atoms with Gasteiger partial charge in [-0.05, 0) is 18.9 Å². The number of carbonyl (C=O) groups is 1. The second kappa shape index (κ2) is 6.57. The van der Waals surface area contributed by atoms with Gasteiger partial charge in [-0.1, -0.05) is 32.0 Å². The van der Waals surface area contributed by atoms with Gasteiger partial charge < -0.3 is 11.1 Å². The van der Waals surface area contributed by atoms with Crippen LogP contribution in [0.4, 0.5) is 0 Å². The standard InChI is InChI=1S/C15H20N2OS.ClH/c1-10(2)15(3,9-16)17-14(18)12-8-19-13-7-5-4-6-11(12)13;/h4-8,10H,9,16H2,1-3H3,(H,17,18);1H. The molecule has 3 nitrogen and oxygen atoms in total. The Hall–Kier alpha value is -1.10. The van der Waals surface area contributed by atoms with Crippen LogP contribution in [0.2, 0.25) is 0 Å². The van der Waals surface area contributed by atoms with Gasteiger partial charge in [0.1, 0.15) is 0 Å². The van der Waals surface area contributed by atoms with Crippen LogP contribution in [0.15, 0.2) is 29.6 Å². The molecule has 5 heteroatoms. The van der Waals surface area contributed by atoms with Crippen LogP contribution >= 0.6 is 23.7 Å². The molecule has 0 saturated carbocycles. The molecule has 0 aliphatic carbocycles. The van der Waals surface area contributed by atoms with Crippen LogP contribution in [0.1, 0.15) is 31.1 Å². The lowest BCUT2D eigenvalue weighted by Gasteiger charge is -2.33. The summed E-state index contributed by atoms with van der Waals surface area (Å²) >= 11 is 1.59. The van der Waals surface area contributed by atoms with Crippen LogP contribution in [0.5, 0.6) is 0 Å². The fourth-order valence-corrected chi connectivity index (χ4v) is 2.85. The lowest BCUT2D eigenvalue weighted by atomic mass is 9.88. The summed E-state index contributed by atoms with van der Waals surface area (Å²) in [7, 11) is 0. The van der Waals surface area contributed by atoms with E-state index in [0.717, 1.165) is 15.6 Å². The average molecular weight is 313 g/mol. The summed E-state index contributed by atoms with van der Waals surface area (Å²) in [5.41, 5.74) is 6.17. The molecule has 0 fully saturated rings. The maximum atomic E-state index is 12.4. The minimum absolute atomic E-state index is 0. The number of hydrogen-bond donors (Lipinski definition) is 2. The van der Waals surface area contributed by atoms with Crippen molar-refractivity contribution in [3.05, 3.63) is 35.2 Å². The molecule has 0 bridgehead atoms. The van der Waals surface area contributed by atoms with Gasteiger partial charge in [0.2, 0.25) is 0 Å². The Morgan fingerprint density at radius 2 is 2.05 bits per heavy atom. The molecule has 1 atom stereocenters. The highest BCUT2D eigenvalue weighted by Gasteiger charge is 2.29. The number of benzene rings is 1. The molecule has 1 aromatic heterocycles. The van der Waals surface area contributed by atoms with Crippen molar-refractivity contribution < 1.29 is 4.79 Å². The van der Waals surface area contributed by atoms with Gasteiger partial charge in [0.05, 0.1) is 11.1 Å². The molecule has 1 amide bonds. The molecule has 3 N–H and O–H groups in total. The van der Waals surface area contributed by atoms with Gasteiger partial charge >= 0.3 is 0 Å². The zero-order valence-corrected chi connectivity index (χ0v) is 13.6. The van der Waals surface area contributed by atoms with Crippen LogP contribution in [0.3, 0.4) is 0 Å². The SMILES string of the molecule is CC(C)C(C)(CN)NC(=O)c1csc2ccccc12.Cl. The summed E-state index contributed by atoms with van der Waals surface area (Å²) in [4.78, 5) is 12.4. The molecule has 0 saturated heterocycles. The molecule has 110 valence electrons. The number of carbonyl (C=O) groups excluding carboxylic acids is 1. The molecule has 20 heavy (non-hydrogen) atoms. The average Bonchev–Trinajstić information content (AvgIpc) is 2.82. The highest BCUT2D eigenvalue weighted by molar-refractivity contribution is 7.17. The first-order chi connectivity index (χ1) is 8.98. The van der Waals surface area contributed by atoms with E-state index < -0.39 is 0 Å². The maximum Gasteiger partial charge on any atom is 0.253 e. The number of nitrogens with two attached hydrogens (primary N) is 1. The van der Waals surface area contributed by atoms with E-state index in [1.807, 2.05) is 36.6 Å². The first-order valence-electron chi connectivity index (χ1n) is 6.47. The number of thiophene rings is 1. The third kappa shape index (κ3) is 3.14. The molecule has 0 aliphatic heterocycles. The Morgan fingerprint density at radius 3 is 2.65 bits per heavy atom. The number of halogens is 1. The quantitative estimate of drug-likeness (QED) is 0.908. The topological polar surface area (TPSA) is 55.1 Å². The van der Waals surface area contributed by atoms with Crippen molar-refractivity contribution in [1.82, 2.24) is 5.32 Å². The van der Waals surface area contributed by atoms with Gasteiger partial charge in [0.25, 0.3) is 5.91 Å². The molecule has 1 aromatic carbocycles. The fraction of sp³-hybridized carbons (Fsp3) is 0.400. The lowest BCUT2D eigenvalue weighted by molar-refractivity contribution is 0.0885. The molecule has 2 rings (SSSR count). The predicted octanol–water partition coefficient (Wildman–Crippen LogP) is 3.43. The molecule has 1 heterocycles. The van der Waals surface area contributed by atoms with Gasteiger partial charge in [-0.2, -0.15) is 0 Å². The molecular weight excluding hydrogens is 292 g/mol. The highest BCUT2D eigenvalue weighted by atomic mass is 35.5. The second-order valence-corrected chi connectivity index (χ2v) is 6.29. The highest BCUT2D eigenvalue weighted by Crippen LogP contribution is 2.26. The van der Waals surface area contributed by atoms with E-state index in [1.165, 1.54) is 0 Å². The third-order valence-electron chi connectivity index (χ3n) is 3.82. The number of hydrogen-bond acceptors (Lipinski definition) is 3. The predicted molar refractivity (Wildman–Crippen MR) is 88.8 cm³/mol. The van der Waals surface area contributed by atoms with Crippen LogP contribution in [-0.2, 0) is 0 Å². The molecular formula is C15H21ClN2OS. The Kier molecular flexibility index (Phi) is 5.57. The Labute approximate surface area is 130 Å². The smallest absolute Gasteiger partial charge is 0.253 e. The summed E-state index contributed by atoms with van der Waals surface area (Å²) in [5.74, 6) is 0.241. The number of nitrogens with one attached hydrogen (secondary N) is 1. The number of fused-ring (bicyclic) bond motifs is 1. The van der Waals surface area contributed by atoms with E-state index in [9.17, 15) is 4.79 Å². The summed E-state index contributed by atoms with van der Waals surface area (Å²) in [6.45, 7) is 6.56. The van der Waals surface area contributed by atoms with Gasteiger partial charge in [-0.3, -0.25) is 4.79 Å². The summed E-state index contributed by atoms with van der Waals surface area (Å²) in [5, 5.41) is 6.00. The van der Waals surface area contributed by atoms with Crippen LogP contribution in [-0.4, -0.2) is 18.0 Å². The maximum absolute atomic E-state index is 12.4. The van der Waals surface area contributed by atoms with E-state index in [-0.39, 0.29) is 29.8 Å². The van der Waals surface area contributed by atoms with Crippen molar-refractivity contribution in [3.63, 3.8) is 0 Å². The van der Waals surface area contributed by atoms with Crippen molar-refractivity contribution in [2.24, 2.45) is 11.7 Å². The van der Waals surface area contributed by atoms with E-state index in [4.69, 9.17) is 5.73 Å². The first kappa shape index (κ1) is 17.0. The molecule has 0 aliphatic rings. The number of rotatable bonds is 4. The first-order valence-corrected chi connectivity index (χ1v) is 7.34. The largest absolute Gasteiger partial charge is 0.345 e. The van der Waals surface area contributed by atoms with Gasteiger partial charge in [0.15, 0.2) is 0 Å². The number of amides is 1. The minimum Gasteiger partial charge on any atom is -0.345 e. The minimum atomic E-state index is -0.375. The fourth-order valence-electron chi connectivity index (χ4n) is 1.91. The molecule has 2 aromatic rings. The summed E-state index contributed by atoms with van der Waals surface area (Å²) in [6, 6.07) is 7.95. The van der Waals surface area contributed by atoms with Crippen LogP contribution in [0.25, 0.3) is 10.1 Å². The summed E-state index contributed by atoms with van der Waals surface area (Å²) < 4.78 is 1.13. The molecule has 0 spiro atoms. The van der Waals surface area contributed by atoms with Gasteiger partial charge in [-0.25, -0.2) is 0 Å². The van der Waals surface area contributed by atoms with Crippen molar-refractivity contribution in [2.75, 3.05) is 6.54 Å². The van der Waals surface area contributed by atoms with Gasteiger partial charge in [-0.15, -0.1) is 23.7 Å². The van der Waals surface area contributed by atoms with E-state index >= 15 is 0 Å². The zero-order valence-electron chi connectivity index (χ0n) is 12.0. The van der Waals surface area contributed by atoms with Crippen molar-refractivity contribution in [2.45, 2.75) is 26.3 Å². The van der Waals surface area contributed by atoms with Crippen molar-refractivity contribution in [1.29, 1.82) is 0 Å². The summed E-state index contributed by atoms with van der Waals surface area (Å²) in [6.07, 6.45) is 0. The Balaban J connectivity index is 0.00000200. The monoisotopic (exact) mass is 312 g/mol. The van der Waals surface area contributed by atoms with E-state index in [2.05, 4.69) is 19.2 Å². The second-order valence-electron chi connectivity index (χ2n) is 5.38. The molecule has 0 radical (unpaired) electrons. The van der Waals surface area contributed by atoms with Crippen LogP contribution < -0.4 is 11.1 Å². The van der Waals surface area contributed by atoms with E-state index in [0.29, 0.717) is 6.54 Å². The zero-order chi connectivity index (χ0) is 14.0. The third-order valence-corrected chi connectivity index (χ3v) is 4.79. The van der Waals surface area contributed by atoms with Crippen LogP contribution in [0, 0.1) is 5.92 Å². The Morgan fingerprint density at radius 1 is 1.40 bits per heavy atom. The Bertz CT molecular complexity index is 596. The molecule has 1 unspecified atom stereocenters. The normalized spacial score (nSPS) is 13.8. The van der Waals surface area contributed by atoms with Gasteiger partial charge in [0, 0.05) is 22.0 Å². The van der Waals surface area contributed by atoms with Crippen molar-refractivity contribution >= 4 is 39.7 Å². The lowest BCUT2D eigenvalue weighted by Crippen LogP contribution is -2.54. The van der Waals surface area contributed by atoms with Crippen molar-refractivity contribution in [3.8, 4) is 0 Å².